The van der Waals surface area contributed by atoms with Gasteiger partial charge in [0.05, 0.1) is 4.70 Å². The number of hydrogen-bond acceptors (Lipinski definition) is 5. The zero-order valence-electron chi connectivity index (χ0n) is 16.1. The van der Waals surface area contributed by atoms with Crippen LogP contribution >= 0.6 is 11.3 Å². The molecule has 152 valence electrons. The van der Waals surface area contributed by atoms with E-state index >= 15 is 0 Å². The minimum atomic E-state index is -0.620. The van der Waals surface area contributed by atoms with E-state index in [1.54, 1.807) is 0 Å². The van der Waals surface area contributed by atoms with E-state index in [1.807, 2.05) is 31.2 Å². The number of amides is 1. The van der Waals surface area contributed by atoms with Crippen LogP contribution in [0.25, 0.3) is 10.2 Å². The summed E-state index contributed by atoms with van der Waals surface area (Å²) < 4.78 is 27.8. The molecule has 0 aliphatic carbocycles. The molecule has 1 amide bonds. The summed E-state index contributed by atoms with van der Waals surface area (Å²) in [5.41, 5.74) is 2.02. The van der Waals surface area contributed by atoms with Crippen LogP contribution in [0, 0.1) is 18.6 Å². The van der Waals surface area contributed by atoms with Crippen molar-refractivity contribution < 1.29 is 13.6 Å². The van der Waals surface area contributed by atoms with E-state index in [-0.39, 0.29) is 11.4 Å². The monoisotopic (exact) mass is 416 g/mol. The van der Waals surface area contributed by atoms with Gasteiger partial charge in [-0.1, -0.05) is 29.0 Å². The number of carbonyl (C=O) groups is 1. The van der Waals surface area contributed by atoms with Gasteiger partial charge in [-0.3, -0.25) is 9.69 Å². The fraction of sp³-hybridized carbons (Fsp3) is 0.333. The van der Waals surface area contributed by atoms with Crippen LogP contribution in [0.1, 0.15) is 15.9 Å². The number of fused-ring (bicyclic) bond motifs is 1. The predicted octanol–water partition coefficient (Wildman–Crippen LogP) is 3.43. The third-order valence-electron chi connectivity index (χ3n) is 5.07. The molecular formula is C21H22F2N4OS. The van der Waals surface area contributed by atoms with Gasteiger partial charge in [0.25, 0.3) is 5.91 Å². The third-order valence-corrected chi connectivity index (χ3v) is 6.14. The number of aryl methyl sites for hydroxylation is 1. The first-order valence-corrected chi connectivity index (χ1v) is 10.4. The van der Waals surface area contributed by atoms with Crippen molar-refractivity contribution in [3.63, 3.8) is 0 Å². The summed E-state index contributed by atoms with van der Waals surface area (Å²) in [6.45, 7) is 6.51. The molecule has 0 saturated carbocycles. The summed E-state index contributed by atoms with van der Waals surface area (Å²) in [6, 6.07) is 9.71. The number of thiazole rings is 1. The van der Waals surface area contributed by atoms with E-state index < -0.39 is 11.6 Å². The Balaban J connectivity index is 1.27. The Labute approximate surface area is 172 Å². The van der Waals surface area contributed by atoms with Crippen LogP contribution in [-0.2, 0) is 0 Å². The molecule has 2 aromatic carbocycles. The lowest BCUT2D eigenvalue weighted by Crippen LogP contribution is -2.48. The Kier molecular flexibility index (Phi) is 5.73. The van der Waals surface area contributed by atoms with Gasteiger partial charge < -0.3 is 10.2 Å². The third kappa shape index (κ3) is 4.54. The first-order chi connectivity index (χ1) is 14.0. The maximum absolute atomic E-state index is 13.9. The Hall–Kier alpha value is -2.58. The van der Waals surface area contributed by atoms with Gasteiger partial charge >= 0.3 is 0 Å². The zero-order valence-corrected chi connectivity index (χ0v) is 16.9. The summed E-state index contributed by atoms with van der Waals surface area (Å²) >= 11 is 1.31. The Morgan fingerprint density at radius 2 is 1.86 bits per heavy atom. The standard InChI is InChI=1S/C21H22F2N4OS/c1-14-2-4-15(5-3-14)20(28)24-6-7-26-8-10-27(11-9-26)21-25-19-17(23)12-16(22)13-18(19)29-21/h2-5,12-13H,6-11H2,1H3,(H,24,28). The molecule has 4 rings (SSSR count). The summed E-state index contributed by atoms with van der Waals surface area (Å²) in [7, 11) is 0. The highest BCUT2D eigenvalue weighted by Gasteiger charge is 2.21. The highest BCUT2D eigenvalue weighted by Crippen LogP contribution is 2.31. The van der Waals surface area contributed by atoms with Crippen molar-refractivity contribution in [3.8, 4) is 0 Å². The topological polar surface area (TPSA) is 48.5 Å². The van der Waals surface area contributed by atoms with Crippen molar-refractivity contribution in [2.24, 2.45) is 0 Å². The number of aromatic nitrogens is 1. The van der Waals surface area contributed by atoms with E-state index in [0.717, 1.165) is 49.5 Å². The molecule has 0 atom stereocenters. The fourth-order valence-electron chi connectivity index (χ4n) is 3.38. The van der Waals surface area contributed by atoms with Crippen LogP contribution in [0.15, 0.2) is 36.4 Å². The number of carbonyl (C=O) groups excluding carboxylic acids is 1. The lowest BCUT2D eigenvalue weighted by Gasteiger charge is -2.34. The molecule has 1 aliphatic heterocycles. The van der Waals surface area contributed by atoms with Gasteiger partial charge in [0.15, 0.2) is 10.9 Å². The molecule has 1 aromatic heterocycles. The largest absolute Gasteiger partial charge is 0.351 e. The second-order valence-electron chi connectivity index (χ2n) is 7.18. The number of nitrogens with zero attached hydrogens (tertiary/aromatic N) is 3. The lowest BCUT2D eigenvalue weighted by molar-refractivity contribution is 0.0948. The second-order valence-corrected chi connectivity index (χ2v) is 8.19. The van der Waals surface area contributed by atoms with Gasteiger partial charge in [0.2, 0.25) is 0 Å². The number of nitrogens with one attached hydrogen (secondary N) is 1. The van der Waals surface area contributed by atoms with E-state index in [0.29, 0.717) is 16.8 Å². The number of piperazine rings is 1. The van der Waals surface area contributed by atoms with E-state index in [9.17, 15) is 13.6 Å². The predicted molar refractivity (Wildman–Crippen MR) is 112 cm³/mol. The molecule has 0 spiro atoms. The van der Waals surface area contributed by atoms with Crippen molar-refractivity contribution in [1.29, 1.82) is 0 Å². The molecule has 1 saturated heterocycles. The molecule has 0 radical (unpaired) electrons. The first-order valence-electron chi connectivity index (χ1n) is 9.57. The van der Waals surface area contributed by atoms with Gasteiger partial charge in [-0.2, -0.15) is 0 Å². The van der Waals surface area contributed by atoms with Gasteiger partial charge in [-0.05, 0) is 25.1 Å². The molecule has 1 N–H and O–H groups in total. The Morgan fingerprint density at radius 1 is 1.14 bits per heavy atom. The summed E-state index contributed by atoms with van der Waals surface area (Å²) in [5, 5.41) is 3.68. The SMILES string of the molecule is Cc1ccc(C(=O)NCCN2CCN(c3nc4c(F)cc(F)cc4s3)CC2)cc1. The molecule has 1 aliphatic rings. The number of benzene rings is 2. The molecule has 2 heterocycles. The first kappa shape index (κ1) is 19.7. The molecule has 8 heteroatoms. The smallest absolute Gasteiger partial charge is 0.251 e. The van der Waals surface area contributed by atoms with Crippen LogP contribution in [0.2, 0.25) is 0 Å². The number of halogens is 2. The van der Waals surface area contributed by atoms with Crippen molar-refractivity contribution in [2.45, 2.75) is 6.92 Å². The van der Waals surface area contributed by atoms with Crippen LogP contribution in [0.5, 0.6) is 0 Å². The maximum atomic E-state index is 13.9. The number of anilines is 1. The molecule has 3 aromatic rings. The van der Waals surface area contributed by atoms with Crippen LogP contribution in [-0.4, -0.2) is 55.1 Å². The van der Waals surface area contributed by atoms with Crippen molar-refractivity contribution >= 4 is 32.6 Å². The van der Waals surface area contributed by atoms with Gasteiger partial charge in [-0.25, -0.2) is 13.8 Å². The average Bonchev–Trinajstić information content (AvgIpc) is 3.13. The Bertz CT molecular complexity index is 1010. The highest BCUT2D eigenvalue weighted by atomic mass is 32.1. The lowest BCUT2D eigenvalue weighted by atomic mass is 10.1. The van der Waals surface area contributed by atoms with Gasteiger partial charge in [0, 0.05) is 50.9 Å². The van der Waals surface area contributed by atoms with Crippen molar-refractivity contribution in [1.82, 2.24) is 15.2 Å². The van der Waals surface area contributed by atoms with Crippen molar-refractivity contribution in [3.05, 3.63) is 59.2 Å². The molecule has 5 nitrogen and oxygen atoms in total. The maximum Gasteiger partial charge on any atom is 0.251 e. The van der Waals surface area contributed by atoms with Gasteiger partial charge in [-0.15, -0.1) is 0 Å². The van der Waals surface area contributed by atoms with E-state index in [2.05, 4.69) is 20.1 Å². The molecule has 0 bridgehead atoms. The quantitative estimate of drug-likeness (QED) is 0.692. The summed E-state index contributed by atoms with van der Waals surface area (Å²) in [4.78, 5) is 20.9. The normalized spacial score (nSPS) is 15.1. The molecule has 0 unspecified atom stereocenters. The summed E-state index contributed by atoms with van der Waals surface area (Å²) in [6.07, 6.45) is 0. The highest BCUT2D eigenvalue weighted by molar-refractivity contribution is 7.22. The average molecular weight is 416 g/mol. The van der Waals surface area contributed by atoms with Crippen LogP contribution < -0.4 is 10.2 Å². The van der Waals surface area contributed by atoms with Crippen LogP contribution in [0.4, 0.5) is 13.9 Å². The minimum Gasteiger partial charge on any atom is -0.351 e. The fourth-order valence-corrected chi connectivity index (χ4v) is 4.43. The molecule has 1 fully saturated rings. The van der Waals surface area contributed by atoms with Crippen LogP contribution in [0.3, 0.4) is 0 Å². The van der Waals surface area contributed by atoms with Crippen molar-refractivity contribution in [2.75, 3.05) is 44.2 Å². The molecule has 29 heavy (non-hydrogen) atoms. The Morgan fingerprint density at radius 3 is 2.59 bits per heavy atom. The van der Waals surface area contributed by atoms with Gasteiger partial charge in [0.1, 0.15) is 11.3 Å². The second kappa shape index (κ2) is 8.42. The summed E-state index contributed by atoms with van der Waals surface area (Å²) in [5.74, 6) is -1.26. The number of rotatable bonds is 5. The minimum absolute atomic E-state index is 0.0626. The zero-order chi connectivity index (χ0) is 20.4. The van der Waals surface area contributed by atoms with E-state index in [4.69, 9.17) is 0 Å². The number of hydrogen-bond donors (Lipinski definition) is 1. The molecular weight excluding hydrogens is 394 g/mol. The van der Waals surface area contributed by atoms with E-state index in [1.165, 1.54) is 17.4 Å².